The van der Waals surface area contributed by atoms with Gasteiger partial charge in [-0.3, -0.25) is 4.99 Å². The quantitative estimate of drug-likeness (QED) is 0.559. The highest BCUT2D eigenvalue weighted by molar-refractivity contribution is 5.72. The van der Waals surface area contributed by atoms with Crippen LogP contribution in [0.4, 0.5) is 4.79 Å². The molecule has 1 aliphatic heterocycles. The van der Waals surface area contributed by atoms with Gasteiger partial charge < -0.3 is 15.8 Å². The predicted molar refractivity (Wildman–Crippen MR) is 39.5 cm³/mol. The van der Waals surface area contributed by atoms with E-state index in [4.69, 9.17) is 5.73 Å². The fourth-order valence-corrected chi connectivity index (χ4v) is 0.535. The van der Waals surface area contributed by atoms with Crippen molar-refractivity contribution in [1.82, 2.24) is 5.32 Å². The van der Waals surface area contributed by atoms with Gasteiger partial charge in [-0.25, -0.2) is 4.79 Å². The van der Waals surface area contributed by atoms with Gasteiger partial charge in [0.05, 0.1) is 6.20 Å². The van der Waals surface area contributed by atoms with Crippen molar-refractivity contribution in [2.24, 2.45) is 10.7 Å². The maximum atomic E-state index is 10.2. The van der Waals surface area contributed by atoms with E-state index in [-0.39, 0.29) is 5.88 Å². The van der Waals surface area contributed by atoms with Gasteiger partial charge in [0.2, 0.25) is 5.88 Å². The van der Waals surface area contributed by atoms with Crippen LogP contribution < -0.4 is 11.1 Å². The standard InChI is InChI=1S/C6H7N3O2/c7-6(10)11-5-4-8-2-1-3-9-5/h1-4,9H,(H2,7,10). The maximum absolute atomic E-state index is 10.2. The number of rotatable bonds is 1. The first-order chi connectivity index (χ1) is 5.29. The van der Waals surface area contributed by atoms with E-state index in [1.54, 1.807) is 18.5 Å². The summed E-state index contributed by atoms with van der Waals surface area (Å²) < 4.78 is 4.50. The Morgan fingerprint density at radius 1 is 1.73 bits per heavy atom. The molecule has 0 spiro atoms. The van der Waals surface area contributed by atoms with E-state index in [1.807, 2.05) is 0 Å². The van der Waals surface area contributed by atoms with Crippen LogP contribution in [-0.2, 0) is 4.74 Å². The molecule has 0 bridgehead atoms. The Morgan fingerprint density at radius 2 is 2.55 bits per heavy atom. The molecular weight excluding hydrogens is 146 g/mol. The summed E-state index contributed by atoms with van der Waals surface area (Å²) >= 11 is 0. The number of hydrogen-bond donors (Lipinski definition) is 2. The van der Waals surface area contributed by atoms with Crippen molar-refractivity contribution in [2.45, 2.75) is 0 Å². The second kappa shape index (κ2) is 3.40. The molecule has 0 atom stereocenters. The van der Waals surface area contributed by atoms with Gasteiger partial charge in [-0.15, -0.1) is 0 Å². The van der Waals surface area contributed by atoms with Crippen LogP contribution in [0, 0.1) is 0 Å². The summed E-state index contributed by atoms with van der Waals surface area (Å²) in [6.07, 6.45) is 5.27. The second-order valence-corrected chi connectivity index (χ2v) is 1.72. The minimum absolute atomic E-state index is 0.211. The maximum Gasteiger partial charge on any atom is 0.411 e. The fourth-order valence-electron chi connectivity index (χ4n) is 0.535. The van der Waals surface area contributed by atoms with E-state index in [1.165, 1.54) is 6.20 Å². The van der Waals surface area contributed by atoms with E-state index >= 15 is 0 Å². The molecule has 11 heavy (non-hydrogen) atoms. The molecule has 0 fully saturated rings. The zero-order valence-corrected chi connectivity index (χ0v) is 5.65. The summed E-state index contributed by atoms with van der Waals surface area (Å²) in [5.74, 6) is 0.211. The first-order valence-electron chi connectivity index (χ1n) is 2.91. The number of nitrogens with two attached hydrogens (primary N) is 1. The van der Waals surface area contributed by atoms with E-state index in [0.717, 1.165) is 0 Å². The lowest BCUT2D eigenvalue weighted by atomic mass is 10.7. The number of carbonyl (C=O) groups excluding carboxylic acids is 1. The van der Waals surface area contributed by atoms with Gasteiger partial charge in [-0.2, -0.15) is 0 Å². The molecule has 1 rings (SSSR count). The number of primary amides is 1. The van der Waals surface area contributed by atoms with Crippen LogP contribution in [-0.4, -0.2) is 12.3 Å². The van der Waals surface area contributed by atoms with Gasteiger partial charge in [0.1, 0.15) is 0 Å². The van der Waals surface area contributed by atoms with E-state index < -0.39 is 6.09 Å². The van der Waals surface area contributed by atoms with Crippen LogP contribution in [0.2, 0.25) is 0 Å². The molecule has 1 amide bonds. The third-order valence-electron chi connectivity index (χ3n) is 0.896. The molecule has 3 N–H and O–H groups in total. The Kier molecular flexibility index (Phi) is 2.27. The highest BCUT2D eigenvalue weighted by Gasteiger charge is 1.99. The van der Waals surface area contributed by atoms with Crippen LogP contribution in [0.3, 0.4) is 0 Å². The first-order valence-corrected chi connectivity index (χ1v) is 2.91. The number of aliphatic imine (C=N–C) groups is 1. The summed E-state index contributed by atoms with van der Waals surface area (Å²) in [6, 6.07) is 0. The average molecular weight is 153 g/mol. The molecule has 1 aliphatic rings. The van der Waals surface area contributed by atoms with Crippen LogP contribution >= 0.6 is 0 Å². The number of ether oxygens (including phenoxy) is 1. The molecule has 1 heterocycles. The Hall–Kier alpha value is -1.78. The summed E-state index contributed by atoms with van der Waals surface area (Å²) in [4.78, 5) is 14.0. The molecule has 0 saturated heterocycles. The lowest BCUT2D eigenvalue weighted by molar-refractivity contribution is 0.182. The molecule has 0 aliphatic carbocycles. The number of nitrogens with zero attached hydrogens (tertiary/aromatic N) is 1. The number of amides is 1. The third kappa shape index (κ3) is 2.53. The highest BCUT2D eigenvalue weighted by Crippen LogP contribution is 1.94. The fraction of sp³-hybridized carbons (Fsp3) is 0. The van der Waals surface area contributed by atoms with Gasteiger partial charge in [-0.1, -0.05) is 0 Å². The molecule has 0 aromatic heterocycles. The molecule has 0 aromatic carbocycles. The Morgan fingerprint density at radius 3 is 3.27 bits per heavy atom. The van der Waals surface area contributed by atoms with Crippen molar-refractivity contribution in [3.05, 3.63) is 24.4 Å². The SMILES string of the molecule is NC(=O)OC1=CN=CC=CN1. The zero-order chi connectivity index (χ0) is 8.10. The lowest BCUT2D eigenvalue weighted by Crippen LogP contribution is -2.18. The summed E-state index contributed by atoms with van der Waals surface area (Å²) in [7, 11) is 0. The monoisotopic (exact) mass is 153 g/mol. The van der Waals surface area contributed by atoms with Gasteiger partial charge >= 0.3 is 6.09 Å². The third-order valence-corrected chi connectivity index (χ3v) is 0.896. The average Bonchev–Trinajstić information content (AvgIpc) is 2.14. The van der Waals surface area contributed by atoms with Crippen LogP contribution in [0.25, 0.3) is 0 Å². The van der Waals surface area contributed by atoms with Crippen LogP contribution in [0.15, 0.2) is 29.4 Å². The normalized spacial score (nSPS) is 14.7. The summed E-state index contributed by atoms with van der Waals surface area (Å²) in [6.45, 7) is 0. The molecule has 0 radical (unpaired) electrons. The lowest BCUT2D eigenvalue weighted by Gasteiger charge is -2.02. The largest absolute Gasteiger partial charge is 0.411 e. The van der Waals surface area contributed by atoms with Gasteiger partial charge in [0.15, 0.2) is 0 Å². The number of allylic oxidation sites excluding steroid dienone is 1. The first kappa shape index (κ1) is 7.33. The van der Waals surface area contributed by atoms with Crippen LogP contribution in [0.1, 0.15) is 0 Å². The minimum atomic E-state index is -0.866. The Bertz CT molecular complexity index is 242. The molecule has 5 nitrogen and oxygen atoms in total. The number of hydrogen-bond acceptors (Lipinski definition) is 4. The van der Waals surface area contributed by atoms with Crippen molar-refractivity contribution in [3.63, 3.8) is 0 Å². The Balaban J connectivity index is 2.57. The topological polar surface area (TPSA) is 76.7 Å². The van der Waals surface area contributed by atoms with Gasteiger partial charge in [0, 0.05) is 12.4 Å². The van der Waals surface area contributed by atoms with E-state index in [0.29, 0.717) is 0 Å². The molecular formula is C6H7N3O2. The number of carbonyl (C=O) groups is 1. The predicted octanol–water partition coefficient (Wildman–Crippen LogP) is 0.0683. The van der Waals surface area contributed by atoms with E-state index in [9.17, 15) is 4.79 Å². The molecule has 0 aromatic rings. The second-order valence-electron chi connectivity index (χ2n) is 1.72. The molecule has 5 heteroatoms. The molecule has 0 unspecified atom stereocenters. The summed E-state index contributed by atoms with van der Waals surface area (Å²) in [5, 5.41) is 2.65. The number of nitrogens with one attached hydrogen (secondary N) is 1. The van der Waals surface area contributed by atoms with Crippen molar-refractivity contribution >= 4 is 12.3 Å². The Labute approximate surface area is 63.2 Å². The van der Waals surface area contributed by atoms with Crippen LogP contribution in [0.5, 0.6) is 0 Å². The highest BCUT2D eigenvalue weighted by atomic mass is 16.6. The molecule has 58 valence electrons. The van der Waals surface area contributed by atoms with Crippen molar-refractivity contribution in [1.29, 1.82) is 0 Å². The molecule has 0 saturated carbocycles. The smallest absolute Gasteiger partial charge is 0.392 e. The zero-order valence-electron chi connectivity index (χ0n) is 5.65. The van der Waals surface area contributed by atoms with Gasteiger partial charge in [0.25, 0.3) is 0 Å². The van der Waals surface area contributed by atoms with Crippen molar-refractivity contribution in [2.75, 3.05) is 0 Å². The van der Waals surface area contributed by atoms with Crippen molar-refractivity contribution in [3.8, 4) is 0 Å². The van der Waals surface area contributed by atoms with Crippen molar-refractivity contribution < 1.29 is 9.53 Å². The van der Waals surface area contributed by atoms with Gasteiger partial charge in [-0.05, 0) is 6.08 Å². The minimum Gasteiger partial charge on any atom is -0.392 e. The van der Waals surface area contributed by atoms with E-state index in [2.05, 4.69) is 15.0 Å². The summed E-state index contributed by atoms with van der Waals surface area (Å²) in [5.41, 5.74) is 4.76.